The number of carbonyl (C=O) groups excluding carboxylic acids is 3. The van der Waals surface area contributed by atoms with E-state index in [2.05, 4.69) is 11.9 Å². The van der Waals surface area contributed by atoms with E-state index in [0.29, 0.717) is 31.6 Å². The lowest BCUT2D eigenvalue weighted by Crippen LogP contribution is -2.35. The number of esters is 1. The van der Waals surface area contributed by atoms with Gasteiger partial charge in [-0.1, -0.05) is 6.58 Å². The van der Waals surface area contributed by atoms with Crippen molar-refractivity contribution in [3.63, 3.8) is 0 Å². The highest BCUT2D eigenvalue weighted by molar-refractivity contribution is 5.86. The van der Waals surface area contributed by atoms with Crippen molar-refractivity contribution >= 4 is 17.8 Å². The average Bonchev–Trinajstić information content (AvgIpc) is 2.30. The minimum Gasteiger partial charge on any atom is -0.460 e. The fourth-order valence-electron chi connectivity index (χ4n) is 1.33. The molecule has 1 N–H and O–H groups in total. The van der Waals surface area contributed by atoms with Gasteiger partial charge in [0.05, 0.1) is 6.54 Å². The van der Waals surface area contributed by atoms with E-state index >= 15 is 0 Å². The second-order valence-electron chi connectivity index (χ2n) is 4.26. The summed E-state index contributed by atoms with van der Waals surface area (Å²) in [5, 5.41) is 2.66. The van der Waals surface area contributed by atoms with Gasteiger partial charge in [0, 0.05) is 32.5 Å². The predicted molar refractivity (Wildman–Crippen MR) is 71.3 cm³/mol. The molecule has 19 heavy (non-hydrogen) atoms. The second kappa shape index (κ2) is 9.13. The lowest BCUT2D eigenvalue weighted by Gasteiger charge is -2.20. The zero-order chi connectivity index (χ0) is 14.8. The van der Waals surface area contributed by atoms with Crippen molar-refractivity contribution in [3.8, 4) is 0 Å². The van der Waals surface area contributed by atoms with Crippen LogP contribution in [0.5, 0.6) is 0 Å². The first-order valence-electron chi connectivity index (χ1n) is 6.17. The van der Waals surface area contributed by atoms with E-state index in [1.54, 1.807) is 11.8 Å². The molecule has 0 aliphatic rings. The molecule has 6 heteroatoms. The molecule has 0 saturated carbocycles. The van der Waals surface area contributed by atoms with Crippen LogP contribution < -0.4 is 5.32 Å². The molecule has 0 aromatic heterocycles. The number of ether oxygens (including phenoxy) is 1. The number of carbonyl (C=O) groups is 3. The van der Waals surface area contributed by atoms with Crippen molar-refractivity contribution in [2.24, 2.45) is 0 Å². The van der Waals surface area contributed by atoms with Crippen molar-refractivity contribution in [1.29, 1.82) is 0 Å². The van der Waals surface area contributed by atoms with Gasteiger partial charge in [0.25, 0.3) is 0 Å². The van der Waals surface area contributed by atoms with Crippen molar-refractivity contribution in [2.75, 3.05) is 26.2 Å². The lowest BCUT2D eigenvalue weighted by atomic mass is 10.3. The van der Waals surface area contributed by atoms with Crippen LogP contribution in [-0.2, 0) is 19.1 Å². The molecule has 0 fully saturated rings. The van der Waals surface area contributed by atoms with Gasteiger partial charge in [0.2, 0.25) is 11.8 Å². The fourth-order valence-corrected chi connectivity index (χ4v) is 1.33. The normalized spacial score (nSPS) is 9.63. The fraction of sp³-hybridized carbons (Fsp3) is 0.615. The minimum atomic E-state index is -0.457. The molecule has 0 rings (SSSR count). The summed E-state index contributed by atoms with van der Waals surface area (Å²) in [6, 6.07) is 0. The summed E-state index contributed by atoms with van der Waals surface area (Å²) in [5.41, 5.74) is 0.333. The standard InChI is InChI=1S/C13H22N2O4/c1-10(2)13(18)19-9-8-15(12(4)17)7-5-6-14-11(3)16/h1,5-9H2,2-4H3,(H,14,16). The quantitative estimate of drug-likeness (QED) is 0.395. The van der Waals surface area contributed by atoms with Crippen LogP contribution in [0, 0.1) is 0 Å². The SMILES string of the molecule is C=C(C)C(=O)OCCN(CCCNC(C)=O)C(C)=O. The molecular formula is C13H22N2O4. The van der Waals surface area contributed by atoms with Gasteiger partial charge in [-0.25, -0.2) is 4.79 Å². The molecule has 0 saturated heterocycles. The third-order valence-electron chi connectivity index (χ3n) is 2.37. The molecule has 0 aliphatic carbocycles. The molecule has 6 nitrogen and oxygen atoms in total. The highest BCUT2D eigenvalue weighted by atomic mass is 16.5. The predicted octanol–water partition coefficient (Wildman–Crippen LogP) is 0.480. The maximum absolute atomic E-state index is 11.4. The first-order valence-corrected chi connectivity index (χ1v) is 6.17. The number of hydrogen-bond donors (Lipinski definition) is 1. The van der Waals surface area contributed by atoms with Gasteiger partial charge in [-0.15, -0.1) is 0 Å². The summed E-state index contributed by atoms with van der Waals surface area (Å²) in [4.78, 5) is 34.8. The van der Waals surface area contributed by atoms with E-state index in [0.717, 1.165) is 0 Å². The summed E-state index contributed by atoms with van der Waals surface area (Å²) >= 11 is 0. The smallest absolute Gasteiger partial charge is 0.333 e. The molecular weight excluding hydrogens is 248 g/mol. The van der Waals surface area contributed by atoms with E-state index < -0.39 is 5.97 Å². The van der Waals surface area contributed by atoms with Crippen LogP contribution in [-0.4, -0.2) is 48.9 Å². The summed E-state index contributed by atoms with van der Waals surface area (Å²) in [6.45, 7) is 9.46. The summed E-state index contributed by atoms with van der Waals surface area (Å²) in [7, 11) is 0. The molecule has 108 valence electrons. The van der Waals surface area contributed by atoms with E-state index in [-0.39, 0.29) is 18.4 Å². The first kappa shape index (κ1) is 17.2. The van der Waals surface area contributed by atoms with Crippen LogP contribution in [0.3, 0.4) is 0 Å². The average molecular weight is 270 g/mol. The Balaban J connectivity index is 3.93. The maximum Gasteiger partial charge on any atom is 0.333 e. The molecule has 0 aromatic rings. The second-order valence-corrected chi connectivity index (χ2v) is 4.26. The van der Waals surface area contributed by atoms with E-state index in [1.807, 2.05) is 0 Å². The number of nitrogens with zero attached hydrogens (tertiary/aromatic N) is 1. The van der Waals surface area contributed by atoms with Crippen LogP contribution in [0.4, 0.5) is 0 Å². The maximum atomic E-state index is 11.4. The first-order chi connectivity index (χ1) is 8.84. The number of amides is 2. The van der Waals surface area contributed by atoms with Gasteiger partial charge in [-0.2, -0.15) is 0 Å². The molecule has 0 radical (unpaired) electrons. The Morgan fingerprint density at radius 3 is 2.26 bits per heavy atom. The third-order valence-corrected chi connectivity index (χ3v) is 2.37. The zero-order valence-electron chi connectivity index (χ0n) is 11.8. The molecule has 0 atom stereocenters. The summed E-state index contributed by atoms with van der Waals surface area (Å²) < 4.78 is 4.93. The van der Waals surface area contributed by atoms with Crippen LogP contribution in [0.2, 0.25) is 0 Å². The number of hydrogen-bond acceptors (Lipinski definition) is 4. The molecule has 0 bridgehead atoms. The Kier molecular flexibility index (Phi) is 8.24. The van der Waals surface area contributed by atoms with E-state index in [4.69, 9.17) is 4.74 Å². The van der Waals surface area contributed by atoms with Crippen LogP contribution >= 0.6 is 0 Å². The molecule has 0 unspecified atom stereocenters. The van der Waals surface area contributed by atoms with Gasteiger partial charge >= 0.3 is 5.97 Å². The van der Waals surface area contributed by atoms with Crippen molar-refractivity contribution < 1.29 is 19.1 Å². The molecule has 2 amide bonds. The van der Waals surface area contributed by atoms with Crippen molar-refractivity contribution in [2.45, 2.75) is 27.2 Å². The van der Waals surface area contributed by atoms with Gasteiger partial charge < -0.3 is 15.0 Å². The highest BCUT2D eigenvalue weighted by Gasteiger charge is 2.10. The number of nitrogens with one attached hydrogen (secondary N) is 1. The molecule has 0 heterocycles. The van der Waals surface area contributed by atoms with Gasteiger partial charge in [0.1, 0.15) is 6.61 Å². The largest absolute Gasteiger partial charge is 0.460 e. The Morgan fingerprint density at radius 2 is 1.79 bits per heavy atom. The van der Waals surface area contributed by atoms with Crippen molar-refractivity contribution in [1.82, 2.24) is 10.2 Å². The van der Waals surface area contributed by atoms with Gasteiger partial charge in [-0.05, 0) is 13.3 Å². The van der Waals surface area contributed by atoms with Crippen LogP contribution in [0.1, 0.15) is 27.2 Å². The minimum absolute atomic E-state index is 0.0887. The van der Waals surface area contributed by atoms with Gasteiger partial charge in [-0.3, -0.25) is 9.59 Å². The van der Waals surface area contributed by atoms with Gasteiger partial charge in [0.15, 0.2) is 0 Å². The topological polar surface area (TPSA) is 75.7 Å². The van der Waals surface area contributed by atoms with Crippen LogP contribution in [0.25, 0.3) is 0 Å². The zero-order valence-corrected chi connectivity index (χ0v) is 11.8. The summed E-state index contributed by atoms with van der Waals surface area (Å²) in [5.74, 6) is -0.638. The Labute approximate surface area is 113 Å². The molecule has 0 aliphatic heterocycles. The Morgan fingerprint density at radius 1 is 1.16 bits per heavy atom. The monoisotopic (exact) mass is 270 g/mol. The Hall–Kier alpha value is -1.85. The third kappa shape index (κ3) is 8.82. The summed E-state index contributed by atoms with van der Waals surface area (Å²) in [6.07, 6.45) is 0.660. The molecule has 0 aromatic carbocycles. The highest BCUT2D eigenvalue weighted by Crippen LogP contribution is 1.96. The lowest BCUT2D eigenvalue weighted by molar-refractivity contribution is -0.141. The molecule has 0 spiro atoms. The Bertz CT molecular complexity index is 353. The van der Waals surface area contributed by atoms with E-state index in [9.17, 15) is 14.4 Å². The number of rotatable bonds is 8. The van der Waals surface area contributed by atoms with Crippen molar-refractivity contribution in [3.05, 3.63) is 12.2 Å². The van der Waals surface area contributed by atoms with E-state index in [1.165, 1.54) is 13.8 Å². The van der Waals surface area contributed by atoms with Crippen LogP contribution in [0.15, 0.2) is 12.2 Å².